The Bertz CT molecular complexity index is 790. The molecule has 0 atom stereocenters. The molecule has 3 aromatic heterocycles. The van der Waals surface area contributed by atoms with Crippen molar-refractivity contribution in [3.8, 4) is 10.9 Å². The van der Waals surface area contributed by atoms with Crippen LogP contribution in [0.5, 0.6) is 5.19 Å². The van der Waals surface area contributed by atoms with Crippen molar-refractivity contribution in [2.45, 2.75) is 6.61 Å². The van der Waals surface area contributed by atoms with Gasteiger partial charge in [-0.1, -0.05) is 11.3 Å². The van der Waals surface area contributed by atoms with Gasteiger partial charge in [-0.3, -0.25) is 0 Å². The van der Waals surface area contributed by atoms with Crippen molar-refractivity contribution < 1.29 is 6.11 Å². The van der Waals surface area contributed by atoms with E-state index in [2.05, 4.69) is 19.8 Å². The molecule has 0 unspecified atom stereocenters. The smallest absolute Gasteiger partial charge is 0.368 e. The van der Waals surface area contributed by atoms with Crippen LogP contribution in [0, 0.1) is 0 Å². The normalized spacial score (nSPS) is 11.5. The maximum absolute atomic E-state index is 11.8. The van der Waals surface area contributed by atoms with Gasteiger partial charge >= 0.3 is 5.69 Å². The summed E-state index contributed by atoms with van der Waals surface area (Å²) < 4.78 is 19.2. The Hall–Kier alpha value is -2.07. The van der Waals surface area contributed by atoms with Gasteiger partial charge in [0.05, 0.1) is 1.37 Å². The summed E-state index contributed by atoms with van der Waals surface area (Å²) in [6, 6.07) is 0. The van der Waals surface area contributed by atoms with Gasteiger partial charge in [-0.05, 0) is 22.0 Å². The molecular formula is C9H8N6O2S2. The molecule has 3 heterocycles. The highest BCUT2D eigenvalue weighted by Gasteiger charge is 2.14. The summed E-state index contributed by atoms with van der Waals surface area (Å²) in [6.45, 7) is 0.148. The molecule has 0 spiro atoms. The van der Waals surface area contributed by atoms with E-state index in [4.69, 9.17) is 6.11 Å². The molecular weight excluding hydrogens is 288 g/mol. The van der Waals surface area contributed by atoms with Gasteiger partial charge in [-0.25, -0.2) is 9.78 Å². The number of hydrogen-bond donors (Lipinski definition) is 0. The van der Waals surface area contributed by atoms with Crippen LogP contribution in [0.2, 0.25) is 0 Å². The van der Waals surface area contributed by atoms with Crippen LogP contribution in [0.3, 0.4) is 0 Å². The first-order valence-electron chi connectivity index (χ1n) is 5.62. The van der Waals surface area contributed by atoms with Gasteiger partial charge in [0.15, 0.2) is 0 Å². The fourth-order valence-corrected chi connectivity index (χ4v) is 2.47. The fourth-order valence-electron chi connectivity index (χ4n) is 1.37. The van der Waals surface area contributed by atoms with Gasteiger partial charge in [0, 0.05) is 24.0 Å². The molecule has 0 N–H and O–H groups in total. The van der Waals surface area contributed by atoms with Crippen molar-refractivity contribution in [2.75, 3.05) is 0 Å². The number of thiazole rings is 1. The third kappa shape index (κ3) is 2.27. The second-order valence-corrected chi connectivity index (χ2v) is 4.92. The van der Waals surface area contributed by atoms with Gasteiger partial charge in [0.25, 0.3) is 5.19 Å². The van der Waals surface area contributed by atoms with Gasteiger partial charge in [0.2, 0.25) is 0 Å². The van der Waals surface area contributed by atoms with Crippen molar-refractivity contribution in [3.63, 3.8) is 0 Å². The minimum Gasteiger partial charge on any atom is -0.463 e. The Morgan fingerprint density at radius 2 is 2.42 bits per heavy atom. The molecule has 3 aromatic rings. The molecule has 0 saturated heterocycles. The maximum atomic E-state index is 11.8. The van der Waals surface area contributed by atoms with Crippen molar-refractivity contribution in [3.05, 3.63) is 33.1 Å². The summed E-state index contributed by atoms with van der Waals surface area (Å²) in [4.78, 5) is 15.7. The first kappa shape index (κ1) is 10.8. The van der Waals surface area contributed by atoms with E-state index >= 15 is 0 Å². The lowest BCUT2D eigenvalue weighted by atomic mass is 10.4. The highest BCUT2D eigenvalue weighted by Crippen LogP contribution is 2.18. The zero-order valence-corrected chi connectivity index (χ0v) is 11.3. The summed E-state index contributed by atoms with van der Waals surface area (Å²) in [5.41, 5.74) is 0.754. The minimum absolute atomic E-state index is 0.148. The van der Waals surface area contributed by atoms with Crippen LogP contribution in [0.15, 0.2) is 21.7 Å². The molecule has 98 valence electrons. The molecule has 0 aliphatic carbocycles. The molecule has 0 aliphatic rings. The van der Waals surface area contributed by atoms with E-state index in [1.54, 1.807) is 10.8 Å². The molecule has 0 fully saturated rings. The van der Waals surface area contributed by atoms with Crippen molar-refractivity contribution in [1.82, 2.24) is 29.1 Å². The Morgan fingerprint density at radius 1 is 1.53 bits per heavy atom. The molecule has 8 nitrogen and oxygen atoms in total. The molecule has 0 bridgehead atoms. The number of rotatable bonds is 4. The van der Waals surface area contributed by atoms with E-state index in [0.29, 0.717) is 16.6 Å². The van der Waals surface area contributed by atoms with Crippen LogP contribution >= 0.6 is 22.9 Å². The minimum atomic E-state index is -0.353. The van der Waals surface area contributed by atoms with E-state index in [0.717, 1.165) is 4.68 Å². The van der Waals surface area contributed by atoms with Gasteiger partial charge < -0.3 is 4.74 Å². The number of aryl methyl sites for hydroxylation is 1. The molecule has 10 heteroatoms. The van der Waals surface area contributed by atoms with Crippen molar-refractivity contribution in [2.24, 2.45) is 7.05 Å². The summed E-state index contributed by atoms with van der Waals surface area (Å²) in [5.74, 6) is 0. The lowest BCUT2D eigenvalue weighted by molar-refractivity contribution is 0.300. The van der Waals surface area contributed by atoms with E-state index < -0.39 is 0 Å². The van der Waals surface area contributed by atoms with Gasteiger partial charge in [-0.15, -0.1) is 0 Å². The molecule has 3 rings (SSSR count). The van der Waals surface area contributed by atoms with Crippen molar-refractivity contribution in [1.29, 1.82) is 0 Å². The van der Waals surface area contributed by atoms with Crippen molar-refractivity contribution >= 4 is 22.9 Å². The summed E-state index contributed by atoms with van der Waals surface area (Å²) in [5, 5.41) is 11.1. The fraction of sp³-hybridized carbons (Fsp3) is 0.222. The molecule has 0 aliphatic heterocycles. The number of nitrogens with zero attached hydrogens (tertiary/aromatic N) is 6. The number of tetrazole rings is 1. The average Bonchev–Trinajstić information content (AvgIpc) is 3.11. The van der Waals surface area contributed by atoms with Crippen LogP contribution in [0.25, 0.3) is 5.69 Å². The molecule has 19 heavy (non-hydrogen) atoms. The lowest BCUT2D eigenvalue weighted by Crippen LogP contribution is -2.22. The van der Waals surface area contributed by atoms with Crippen LogP contribution in [-0.2, 0) is 13.7 Å². The lowest BCUT2D eigenvalue weighted by Gasteiger charge is -2.01. The highest BCUT2D eigenvalue weighted by atomic mass is 32.1. The molecule has 0 amide bonds. The topological polar surface area (TPSA) is 87.7 Å². The van der Waals surface area contributed by atoms with Crippen LogP contribution in [-0.4, -0.2) is 29.1 Å². The van der Waals surface area contributed by atoms with Gasteiger partial charge in [0.1, 0.15) is 18.0 Å². The van der Waals surface area contributed by atoms with Crippen LogP contribution in [0.1, 0.15) is 7.06 Å². The predicted molar refractivity (Wildman–Crippen MR) is 68.7 cm³/mol. The van der Waals surface area contributed by atoms with E-state index in [1.165, 1.54) is 34.6 Å². The monoisotopic (exact) mass is 298 g/mol. The van der Waals surface area contributed by atoms with Crippen LogP contribution < -0.4 is 10.4 Å². The first-order chi connectivity index (χ1) is 9.65. The summed E-state index contributed by atoms with van der Waals surface area (Å²) in [7, 11) is 1.52. The number of hydrogen-bond acceptors (Lipinski definition) is 8. The summed E-state index contributed by atoms with van der Waals surface area (Å²) in [6.07, 6.45) is 0.161. The molecule has 0 saturated carbocycles. The van der Waals surface area contributed by atoms with E-state index in [1.807, 2.05) is 0 Å². The molecule has 0 aromatic carbocycles. The third-order valence-electron chi connectivity index (χ3n) is 2.27. The van der Waals surface area contributed by atoms with Gasteiger partial charge in [-0.2, -0.15) is 13.7 Å². The Morgan fingerprint density at radius 3 is 3.11 bits per heavy atom. The van der Waals surface area contributed by atoms with Crippen LogP contribution in [0.4, 0.5) is 0 Å². The van der Waals surface area contributed by atoms with E-state index in [-0.39, 0.29) is 18.5 Å². The standard InChI is InChI=1S/C9H8N6O2S2/c1-14-9(16)15(13-12-14)7-5-19-11-6(7)4-17-8-10-2-3-18-8/h2-3,5H,4H2,1H3/i2T. The SMILES string of the molecule is [3H]c1csc(OCc2nscc2-n2nnn(C)c2=O)n1. The average molecular weight is 298 g/mol. The second kappa shape index (κ2) is 4.90. The zero-order chi connectivity index (χ0) is 14.1. The number of aromatic nitrogens is 6. The first-order valence-corrected chi connectivity index (χ1v) is 6.84. The maximum Gasteiger partial charge on any atom is 0.368 e. The number of ether oxygens (including phenoxy) is 1. The Labute approximate surface area is 116 Å². The highest BCUT2D eigenvalue weighted by molar-refractivity contribution is 7.11. The Balaban J connectivity index is 1.83. The quantitative estimate of drug-likeness (QED) is 0.695. The third-order valence-corrected chi connectivity index (χ3v) is 3.56. The largest absolute Gasteiger partial charge is 0.463 e. The molecule has 0 radical (unpaired) electrons. The Kier molecular flexibility index (Phi) is 2.79. The summed E-state index contributed by atoms with van der Waals surface area (Å²) >= 11 is 2.43. The second-order valence-electron chi connectivity index (χ2n) is 3.47. The zero-order valence-electron chi connectivity index (χ0n) is 10.7. The van der Waals surface area contributed by atoms with E-state index in [9.17, 15) is 4.79 Å². The predicted octanol–water partition coefficient (Wildman–Crippen LogP) is 0.458.